The van der Waals surface area contributed by atoms with Crippen LogP contribution in [0.5, 0.6) is 0 Å². The number of aryl methyl sites for hydroxylation is 2. The number of hydrogen-bond acceptors (Lipinski definition) is 2. The molecule has 17 heavy (non-hydrogen) atoms. The molecule has 2 rings (SSSR count). The molecule has 1 aromatic carbocycles. The second-order valence-corrected chi connectivity index (χ2v) is 4.17. The maximum atomic E-state index is 4.43. The number of rotatable bonds is 2. The van der Waals surface area contributed by atoms with Crippen molar-refractivity contribution >= 4 is 5.69 Å². The fourth-order valence-electron chi connectivity index (χ4n) is 1.69. The van der Waals surface area contributed by atoms with Crippen molar-refractivity contribution in [1.29, 1.82) is 0 Å². The van der Waals surface area contributed by atoms with Gasteiger partial charge in [0.1, 0.15) is 0 Å². The van der Waals surface area contributed by atoms with E-state index in [2.05, 4.69) is 28.2 Å². The third-order valence-corrected chi connectivity index (χ3v) is 2.53. The predicted octanol–water partition coefficient (Wildman–Crippen LogP) is 2.35. The molecule has 0 atom stereocenters. The van der Waals surface area contributed by atoms with Gasteiger partial charge in [0.2, 0.25) is 0 Å². The van der Waals surface area contributed by atoms with Crippen molar-refractivity contribution in [3.05, 3.63) is 41.7 Å². The summed E-state index contributed by atoms with van der Waals surface area (Å²) in [5.74, 6) is 0. The van der Waals surface area contributed by atoms with Crippen molar-refractivity contribution in [2.45, 2.75) is 13.8 Å². The Bertz CT molecular complexity index is 486. The first-order valence-electron chi connectivity index (χ1n) is 5.30. The number of benzene rings is 1. The van der Waals surface area contributed by atoms with E-state index in [4.69, 9.17) is 0 Å². The summed E-state index contributed by atoms with van der Waals surface area (Å²) in [5, 5.41) is 4.43. The van der Waals surface area contributed by atoms with Crippen LogP contribution in [-0.4, -0.2) is 23.9 Å². The molecule has 1 heterocycles. The Morgan fingerprint density at radius 1 is 1.24 bits per heavy atom. The van der Waals surface area contributed by atoms with Crippen molar-refractivity contribution < 1.29 is 20.1 Å². The van der Waals surface area contributed by atoms with Crippen molar-refractivity contribution in [1.82, 2.24) is 9.78 Å². The van der Waals surface area contributed by atoms with E-state index in [0.717, 1.165) is 22.8 Å². The normalized spacial score (nSPS) is 9.88. The van der Waals surface area contributed by atoms with E-state index >= 15 is 0 Å². The van der Waals surface area contributed by atoms with Gasteiger partial charge in [-0.3, -0.25) is 4.68 Å². The monoisotopic (exact) mass is 407 g/mol. The molecular formula is C13H16IrN3-. The van der Waals surface area contributed by atoms with E-state index in [1.807, 2.05) is 44.8 Å². The molecule has 93 valence electrons. The van der Waals surface area contributed by atoms with Crippen LogP contribution >= 0.6 is 0 Å². The van der Waals surface area contributed by atoms with Gasteiger partial charge in [-0.25, -0.2) is 0 Å². The molecule has 0 spiro atoms. The Balaban J connectivity index is 0.00000144. The van der Waals surface area contributed by atoms with Crippen LogP contribution < -0.4 is 4.90 Å². The van der Waals surface area contributed by atoms with E-state index in [-0.39, 0.29) is 20.1 Å². The molecule has 1 aromatic heterocycles. The Labute approximate surface area is 116 Å². The number of nitrogens with zero attached hydrogens (tertiary/aromatic N) is 3. The Hall–Kier alpha value is -1.12. The molecular weight excluding hydrogens is 390 g/mol. The van der Waals surface area contributed by atoms with E-state index in [0.29, 0.717) is 0 Å². The largest absolute Gasteiger partial charge is 0.429 e. The third-order valence-electron chi connectivity index (χ3n) is 2.53. The van der Waals surface area contributed by atoms with Crippen LogP contribution in [-0.2, 0) is 20.1 Å². The maximum Gasteiger partial charge on any atom is 0.0600 e. The van der Waals surface area contributed by atoms with E-state index in [9.17, 15) is 0 Å². The van der Waals surface area contributed by atoms with Crippen LogP contribution in [0, 0.1) is 19.9 Å². The van der Waals surface area contributed by atoms with Gasteiger partial charge in [-0.1, -0.05) is 5.69 Å². The predicted molar refractivity (Wildman–Crippen MR) is 66.2 cm³/mol. The summed E-state index contributed by atoms with van der Waals surface area (Å²) in [6, 6.07) is 11.4. The summed E-state index contributed by atoms with van der Waals surface area (Å²) in [4.78, 5) is 2.06. The zero-order chi connectivity index (χ0) is 11.7. The average Bonchev–Trinajstić information content (AvgIpc) is 2.58. The molecule has 0 aliphatic rings. The molecule has 0 saturated carbocycles. The van der Waals surface area contributed by atoms with Crippen molar-refractivity contribution in [2.75, 3.05) is 19.0 Å². The molecule has 0 aliphatic heterocycles. The van der Waals surface area contributed by atoms with Crippen LogP contribution in [0.15, 0.2) is 24.3 Å². The number of anilines is 1. The summed E-state index contributed by atoms with van der Waals surface area (Å²) in [5.41, 5.74) is 4.29. The van der Waals surface area contributed by atoms with E-state index < -0.39 is 0 Å². The fraction of sp³-hybridized carbons (Fsp3) is 0.308. The summed E-state index contributed by atoms with van der Waals surface area (Å²) in [6.45, 7) is 4.05. The smallest absolute Gasteiger partial charge is 0.0600 e. The van der Waals surface area contributed by atoms with Crippen LogP contribution in [0.3, 0.4) is 0 Å². The SMILES string of the molecule is Cc1cc(C)n(-c2[c-]cc(N(C)C)cc2)n1.[Ir]. The van der Waals surface area contributed by atoms with E-state index in [1.165, 1.54) is 0 Å². The third kappa shape index (κ3) is 2.96. The molecule has 0 saturated heterocycles. The molecule has 2 aromatic rings. The van der Waals surface area contributed by atoms with Gasteiger partial charge >= 0.3 is 0 Å². The van der Waals surface area contributed by atoms with E-state index in [1.54, 1.807) is 0 Å². The minimum atomic E-state index is 0. The zero-order valence-corrected chi connectivity index (χ0v) is 12.9. The topological polar surface area (TPSA) is 21.1 Å². The first kappa shape index (κ1) is 13.9. The Kier molecular flexibility index (Phi) is 4.49. The molecule has 0 amide bonds. The van der Waals surface area contributed by atoms with Crippen molar-refractivity contribution in [3.63, 3.8) is 0 Å². The molecule has 0 fully saturated rings. The molecule has 0 unspecified atom stereocenters. The van der Waals surface area contributed by atoms with Gasteiger partial charge in [0.05, 0.1) is 5.69 Å². The molecule has 0 aliphatic carbocycles. The molecule has 3 nitrogen and oxygen atoms in total. The maximum absolute atomic E-state index is 4.43. The molecule has 0 N–H and O–H groups in total. The standard InChI is InChI=1S/C13H16N3.Ir/c1-10-9-11(2)16(14-10)13-7-5-12(6-8-13)15(3)4;/h5-7,9H,1-4H3;/q-1;. The fourth-order valence-corrected chi connectivity index (χ4v) is 1.69. The van der Waals surface area contributed by atoms with Gasteiger partial charge in [-0.2, -0.15) is 17.2 Å². The molecule has 4 heteroatoms. The van der Waals surface area contributed by atoms with Gasteiger partial charge in [0.25, 0.3) is 0 Å². The van der Waals surface area contributed by atoms with Crippen LogP contribution in [0.4, 0.5) is 5.69 Å². The van der Waals surface area contributed by atoms with Gasteiger partial charge in [-0.15, -0.1) is 12.1 Å². The average molecular weight is 407 g/mol. The minimum absolute atomic E-state index is 0. The van der Waals surface area contributed by atoms with Gasteiger partial charge in [0, 0.05) is 25.8 Å². The summed E-state index contributed by atoms with van der Waals surface area (Å²) in [6.07, 6.45) is 0. The quantitative estimate of drug-likeness (QED) is 0.714. The van der Waals surface area contributed by atoms with Gasteiger partial charge in [-0.05, 0) is 39.7 Å². The first-order valence-corrected chi connectivity index (χ1v) is 5.30. The second kappa shape index (κ2) is 5.48. The van der Waals surface area contributed by atoms with Gasteiger partial charge in [0.15, 0.2) is 0 Å². The van der Waals surface area contributed by atoms with Crippen LogP contribution in [0.25, 0.3) is 5.69 Å². The zero-order valence-electron chi connectivity index (χ0n) is 10.5. The molecule has 1 radical (unpaired) electrons. The van der Waals surface area contributed by atoms with Crippen molar-refractivity contribution in [3.8, 4) is 5.69 Å². The van der Waals surface area contributed by atoms with Gasteiger partial charge < -0.3 is 4.90 Å². The van der Waals surface area contributed by atoms with Crippen molar-refractivity contribution in [2.24, 2.45) is 0 Å². The Morgan fingerprint density at radius 3 is 2.35 bits per heavy atom. The first-order chi connectivity index (χ1) is 7.58. The number of hydrogen-bond donors (Lipinski definition) is 0. The summed E-state index contributed by atoms with van der Waals surface area (Å²) in [7, 11) is 4.04. The number of aromatic nitrogens is 2. The minimum Gasteiger partial charge on any atom is -0.429 e. The summed E-state index contributed by atoms with van der Waals surface area (Å²) >= 11 is 0. The molecule has 0 bridgehead atoms. The summed E-state index contributed by atoms with van der Waals surface area (Å²) < 4.78 is 1.91. The van der Waals surface area contributed by atoms with Crippen LogP contribution in [0.1, 0.15) is 11.4 Å². The Morgan fingerprint density at radius 2 is 1.94 bits per heavy atom. The van der Waals surface area contributed by atoms with Crippen LogP contribution in [0.2, 0.25) is 0 Å². The second-order valence-electron chi connectivity index (χ2n) is 4.17.